The first-order valence-electron chi connectivity index (χ1n) is 6.92. The molecule has 2 atom stereocenters. The highest BCUT2D eigenvalue weighted by Crippen LogP contribution is 2.30. The molecule has 0 bridgehead atoms. The van der Waals surface area contributed by atoms with E-state index in [4.69, 9.17) is 0 Å². The van der Waals surface area contributed by atoms with Gasteiger partial charge < -0.3 is 5.32 Å². The lowest BCUT2D eigenvalue weighted by Gasteiger charge is -2.38. The molecule has 18 heavy (non-hydrogen) atoms. The SMILES string of the molecule is CCC(C)[C@@H](c1ccc(F)cc1)N1CCNCC1. The van der Waals surface area contributed by atoms with Crippen LogP contribution in [0, 0.1) is 11.7 Å². The summed E-state index contributed by atoms with van der Waals surface area (Å²) in [5, 5.41) is 3.39. The molecule has 0 aromatic heterocycles. The predicted octanol–water partition coefficient (Wildman–Crippen LogP) is 2.82. The van der Waals surface area contributed by atoms with Crippen molar-refractivity contribution < 1.29 is 4.39 Å². The highest BCUT2D eigenvalue weighted by Gasteiger charge is 2.26. The van der Waals surface area contributed by atoms with E-state index in [1.165, 1.54) is 5.56 Å². The molecular weight excluding hydrogens is 227 g/mol. The molecule has 2 rings (SSSR count). The van der Waals surface area contributed by atoms with Crippen molar-refractivity contribution >= 4 is 0 Å². The van der Waals surface area contributed by atoms with E-state index >= 15 is 0 Å². The Labute approximate surface area is 109 Å². The van der Waals surface area contributed by atoms with Gasteiger partial charge in [0.05, 0.1) is 0 Å². The summed E-state index contributed by atoms with van der Waals surface area (Å²) in [5.74, 6) is 0.440. The summed E-state index contributed by atoms with van der Waals surface area (Å²) < 4.78 is 13.1. The molecule has 100 valence electrons. The zero-order valence-electron chi connectivity index (χ0n) is 11.3. The second-order valence-corrected chi connectivity index (χ2v) is 5.17. The third-order valence-corrected chi connectivity index (χ3v) is 3.94. The zero-order chi connectivity index (χ0) is 13.0. The number of nitrogens with one attached hydrogen (secondary N) is 1. The van der Waals surface area contributed by atoms with Crippen molar-refractivity contribution in [1.29, 1.82) is 0 Å². The molecule has 0 amide bonds. The third-order valence-electron chi connectivity index (χ3n) is 3.94. The molecule has 0 saturated carbocycles. The lowest BCUT2D eigenvalue weighted by molar-refractivity contribution is 0.128. The van der Waals surface area contributed by atoms with Gasteiger partial charge in [-0.2, -0.15) is 0 Å². The van der Waals surface area contributed by atoms with Crippen LogP contribution in [-0.4, -0.2) is 31.1 Å². The smallest absolute Gasteiger partial charge is 0.123 e. The van der Waals surface area contributed by atoms with Crippen molar-refractivity contribution in [1.82, 2.24) is 10.2 Å². The Hall–Kier alpha value is -0.930. The van der Waals surface area contributed by atoms with Gasteiger partial charge in [0.2, 0.25) is 0 Å². The van der Waals surface area contributed by atoms with Gasteiger partial charge in [0.25, 0.3) is 0 Å². The average Bonchev–Trinajstić information content (AvgIpc) is 2.42. The summed E-state index contributed by atoms with van der Waals surface area (Å²) in [6.07, 6.45) is 1.14. The highest BCUT2D eigenvalue weighted by molar-refractivity contribution is 5.21. The molecule has 1 fully saturated rings. The van der Waals surface area contributed by atoms with Gasteiger partial charge in [-0.05, 0) is 23.6 Å². The van der Waals surface area contributed by atoms with E-state index in [0.29, 0.717) is 12.0 Å². The molecular formula is C15H23FN2. The molecule has 1 unspecified atom stereocenters. The van der Waals surface area contributed by atoms with Crippen molar-refractivity contribution in [3.63, 3.8) is 0 Å². The number of hydrogen-bond donors (Lipinski definition) is 1. The maximum Gasteiger partial charge on any atom is 0.123 e. The van der Waals surface area contributed by atoms with Crippen LogP contribution in [0.4, 0.5) is 4.39 Å². The summed E-state index contributed by atoms with van der Waals surface area (Å²) in [6.45, 7) is 8.76. The predicted molar refractivity (Wildman–Crippen MR) is 73.0 cm³/mol. The standard InChI is InChI=1S/C15H23FN2/c1-3-12(2)15(18-10-8-17-9-11-18)13-4-6-14(16)7-5-13/h4-7,12,15,17H,3,8-11H2,1-2H3/t12?,15-/m0/s1. The first-order chi connectivity index (χ1) is 8.72. The van der Waals surface area contributed by atoms with Crippen LogP contribution in [0.5, 0.6) is 0 Å². The normalized spacial score (nSPS) is 20.6. The van der Waals surface area contributed by atoms with Crippen LogP contribution in [-0.2, 0) is 0 Å². The van der Waals surface area contributed by atoms with Crippen molar-refractivity contribution in [2.24, 2.45) is 5.92 Å². The Balaban J connectivity index is 2.20. The Morgan fingerprint density at radius 1 is 1.22 bits per heavy atom. The first-order valence-corrected chi connectivity index (χ1v) is 6.92. The molecule has 1 aromatic carbocycles. The largest absolute Gasteiger partial charge is 0.314 e. The molecule has 1 heterocycles. The van der Waals surface area contributed by atoms with E-state index in [2.05, 4.69) is 24.1 Å². The highest BCUT2D eigenvalue weighted by atomic mass is 19.1. The van der Waals surface area contributed by atoms with Gasteiger partial charge in [0.15, 0.2) is 0 Å². The van der Waals surface area contributed by atoms with Crippen LogP contribution in [0.1, 0.15) is 31.9 Å². The minimum atomic E-state index is -0.151. The summed E-state index contributed by atoms with van der Waals surface area (Å²) in [4.78, 5) is 2.53. The number of rotatable bonds is 4. The van der Waals surface area contributed by atoms with Crippen LogP contribution < -0.4 is 5.32 Å². The van der Waals surface area contributed by atoms with E-state index in [-0.39, 0.29) is 5.82 Å². The van der Waals surface area contributed by atoms with E-state index in [0.717, 1.165) is 32.6 Å². The maximum absolute atomic E-state index is 13.1. The average molecular weight is 250 g/mol. The van der Waals surface area contributed by atoms with E-state index in [1.54, 1.807) is 12.1 Å². The minimum Gasteiger partial charge on any atom is -0.314 e. The maximum atomic E-state index is 13.1. The minimum absolute atomic E-state index is 0.151. The molecule has 1 aliphatic heterocycles. The molecule has 0 aliphatic carbocycles. The topological polar surface area (TPSA) is 15.3 Å². The van der Waals surface area contributed by atoms with Gasteiger partial charge in [-0.15, -0.1) is 0 Å². The van der Waals surface area contributed by atoms with Gasteiger partial charge in [0, 0.05) is 32.2 Å². The fraction of sp³-hybridized carbons (Fsp3) is 0.600. The summed E-state index contributed by atoms with van der Waals surface area (Å²) >= 11 is 0. The number of piperazine rings is 1. The number of halogens is 1. The molecule has 2 nitrogen and oxygen atoms in total. The van der Waals surface area contributed by atoms with Crippen molar-refractivity contribution in [3.05, 3.63) is 35.6 Å². The monoisotopic (exact) mass is 250 g/mol. The Morgan fingerprint density at radius 3 is 2.39 bits per heavy atom. The van der Waals surface area contributed by atoms with Crippen molar-refractivity contribution in [3.8, 4) is 0 Å². The lowest BCUT2D eigenvalue weighted by Crippen LogP contribution is -2.46. The number of hydrogen-bond acceptors (Lipinski definition) is 2. The van der Waals surface area contributed by atoms with Crippen LogP contribution >= 0.6 is 0 Å². The Kier molecular flexibility index (Phi) is 4.72. The van der Waals surface area contributed by atoms with Gasteiger partial charge in [-0.25, -0.2) is 4.39 Å². The van der Waals surface area contributed by atoms with E-state index < -0.39 is 0 Å². The van der Waals surface area contributed by atoms with Crippen molar-refractivity contribution in [2.45, 2.75) is 26.3 Å². The quantitative estimate of drug-likeness (QED) is 0.884. The zero-order valence-corrected chi connectivity index (χ0v) is 11.3. The van der Waals surface area contributed by atoms with Crippen LogP contribution in [0.2, 0.25) is 0 Å². The third kappa shape index (κ3) is 3.09. The second kappa shape index (κ2) is 6.30. The van der Waals surface area contributed by atoms with Crippen LogP contribution in [0.15, 0.2) is 24.3 Å². The fourth-order valence-corrected chi connectivity index (χ4v) is 2.74. The van der Waals surface area contributed by atoms with E-state index in [9.17, 15) is 4.39 Å². The number of benzene rings is 1. The van der Waals surface area contributed by atoms with Gasteiger partial charge >= 0.3 is 0 Å². The fourth-order valence-electron chi connectivity index (χ4n) is 2.74. The first kappa shape index (κ1) is 13.5. The van der Waals surface area contributed by atoms with Crippen molar-refractivity contribution in [2.75, 3.05) is 26.2 Å². The molecule has 0 radical (unpaired) electrons. The molecule has 1 N–H and O–H groups in total. The molecule has 1 aromatic rings. The summed E-state index contributed by atoms with van der Waals surface area (Å²) in [5.41, 5.74) is 1.24. The molecule has 1 aliphatic rings. The van der Waals surface area contributed by atoms with Gasteiger partial charge in [-0.1, -0.05) is 32.4 Å². The van der Waals surface area contributed by atoms with Gasteiger partial charge in [-0.3, -0.25) is 4.90 Å². The molecule has 3 heteroatoms. The molecule has 0 spiro atoms. The van der Waals surface area contributed by atoms with Crippen LogP contribution in [0.3, 0.4) is 0 Å². The van der Waals surface area contributed by atoms with E-state index in [1.807, 2.05) is 12.1 Å². The Bertz CT molecular complexity index is 357. The van der Waals surface area contributed by atoms with Crippen LogP contribution in [0.25, 0.3) is 0 Å². The number of nitrogens with zero attached hydrogens (tertiary/aromatic N) is 1. The summed E-state index contributed by atoms with van der Waals surface area (Å²) in [6, 6.07) is 7.44. The molecule has 1 saturated heterocycles. The van der Waals surface area contributed by atoms with Gasteiger partial charge in [0.1, 0.15) is 5.82 Å². The summed E-state index contributed by atoms with van der Waals surface area (Å²) in [7, 11) is 0. The lowest BCUT2D eigenvalue weighted by atomic mass is 9.90. The second-order valence-electron chi connectivity index (χ2n) is 5.17. The Morgan fingerprint density at radius 2 is 1.83 bits per heavy atom.